The molecule has 0 aromatic heterocycles. The second-order valence-electron chi connectivity index (χ2n) is 4.60. The zero-order valence-electron chi connectivity index (χ0n) is 9.94. The van der Waals surface area contributed by atoms with Gasteiger partial charge < -0.3 is 4.74 Å². The Bertz CT molecular complexity index is 466. The highest BCUT2D eigenvalue weighted by Gasteiger charge is 2.22. The van der Waals surface area contributed by atoms with E-state index in [9.17, 15) is 18.9 Å². The van der Waals surface area contributed by atoms with Gasteiger partial charge in [-0.1, -0.05) is 13.8 Å². The third-order valence-electron chi connectivity index (χ3n) is 2.24. The van der Waals surface area contributed by atoms with Gasteiger partial charge in [-0.25, -0.2) is 4.39 Å². The van der Waals surface area contributed by atoms with Crippen LogP contribution in [0.4, 0.5) is 14.5 Å². The minimum Gasteiger partial charge on any atom is -0.490 e. The van der Waals surface area contributed by atoms with Crippen LogP contribution in [0.1, 0.15) is 13.8 Å². The van der Waals surface area contributed by atoms with Crippen LogP contribution in [0, 0.1) is 27.2 Å². The first-order chi connectivity index (χ1) is 8.26. The zero-order chi connectivity index (χ0) is 13.9. The van der Waals surface area contributed by atoms with Crippen LogP contribution in [0.15, 0.2) is 12.1 Å². The molecule has 0 saturated carbocycles. The van der Waals surface area contributed by atoms with E-state index in [-0.39, 0.29) is 17.8 Å². The van der Waals surface area contributed by atoms with Crippen molar-refractivity contribution in [3.63, 3.8) is 0 Å². The van der Waals surface area contributed by atoms with Crippen molar-refractivity contribution in [2.75, 3.05) is 12.4 Å². The van der Waals surface area contributed by atoms with Gasteiger partial charge in [0, 0.05) is 11.5 Å². The average molecular weight is 277 g/mol. The highest BCUT2D eigenvalue weighted by Crippen LogP contribution is 2.28. The molecule has 0 atom stereocenters. The lowest BCUT2D eigenvalue weighted by atomic mass is 9.98. The summed E-state index contributed by atoms with van der Waals surface area (Å²) in [5.41, 5.74) is -1.22. The number of nitro groups is 1. The number of hydrogen-bond acceptors (Lipinski definition) is 4. The molecule has 0 spiro atoms. The van der Waals surface area contributed by atoms with Crippen LogP contribution in [0.25, 0.3) is 0 Å². The first-order valence-corrected chi connectivity index (χ1v) is 5.77. The van der Waals surface area contributed by atoms with Gasteiger partial charge in [0.15, 0.2) is 11.6 Å². The Morgan fingerprint density at radius 1 is 1.39 bits per heavy atom. The Hall–Kier alpha value is -1.37. The molecule has 0 aliphatic heterocycles. The molecule has 1 aromatic rings. The monoisotopic (exact) mass is 277 g/mol. The van der Waals surface area contributed by atoms with Gasteiger partial charge in [-0.05, 0) is 5.75 Å². The molecule has 0 unspecified atom stereocenters. The van der Waals surface area contributed by atoms with Crippen LogP contribution < -0.4 is 4.74 Å². The highest BCUT2D eigenvalue weighted by atomic mass is 32.1. The van der Waals surface area contributed by atoms with Gasteiger partial charge in [-0.15, -0.1) is 0 Å². The molecule has 100 valence electrons. The van der Waals surface area contributed by atoms with E-state index in [1.165, 1.54) is 0 Å². The van der Waals surface area contributed by atoms with E-state index >= 15 is 0 Å². The second-order valence-corrected chi connectivity index (χ2v) is 4.92. The summed E-state index contributed by atoms with van der Waals surface area (Å²) in [6.07, 6.45) is 0. The molecule has 1 aromatic carbocycles. The molecule has 7 heteroatoms. The third-order valence-corrected chi connectivity index (χ3v) is 3.10. The Kier molecular flexibility index (Phi) is 4.50. The largest absolute Gasteiger partial charge is 0.490 e. The number of halogens is 2. The lowest BCUT2D eigenvalue weighted by Crippen LogP contribution is -2.23. The van der Waals surface area contributed by atoms with Crippen molar-refractivity contribution >= 4 is 18.3 Å². The van der Waals surface area contributed by atoms with Crippen molar-refractivity contribution in [2.45, 2.75) is 13.8 Å². The van der Waals surface area contributed by atoms with Gasteiger partial charge in [-0.3, -0.25) is 10.1 Å². The summed E-state index contributed by atoms with van der Waals surface area (Å²) < 4.78 is 31.9. The first kappa shape index (κ1) is 14.7. The smallest absolute Gasteiger partial charge is 0.307 e. The van der Waals surface area contributed by atoms with Crippen molar-refractivity contribution < 1.29 is 18.4 Å². The van der Waals surface area contributed by atoms with E-state index in [0.29, 0.717) is 17.9 Å². The van der Waals surface area contributed by atoms with E-state index in [2.05, 4.69) is 12.6 Å². The molecule has 4 nitrogen and oxygen atoms in total. The maximum absolute atomic E-state index is 13.5. The predicted molar refractivity (Wildman–Crippen MR) is 66.1 cm³/mol. The maximum Gasteiger partial charge on any atom is 0.307 e. The molecule has 0 amide bonds. The van der Waals surface area contributed by atoms with Crippen molar-refractivity contribution in [2.24, 2.45) is 5.41 Å². The van der Waals surface area contributed by atoms with Gasteiger partial charge in [0.1, 0.15) is 0 Å². The lowest BCUT2D eigenvalue weighted by Gasteiger charge is -2.22. The molecule has 18 heavy (non-hydrogen) atoms. The second kappa shape index (κ2) is 5.51. The van der Waals surface area contributed by atoms with Crippen molar-refractivity contribution in [3.05, 3.63) is 33.9 Å². The number of thiol groups is 1. The first-order valence-electron chi connectivity index (χ1n) is 5.14. The van der Waals surface area contributed by atoms with E-state index < -0.39 is 22.2 Å². The molecule has 0 fully saturated rings. The van der Waals surface area contributed by atoms with Crippen LogP contribution >= 0.6 is 12.6 Å². The number of hydrogen-bond donors (Lipinski definition) is 1. The molecule has 0 aliphatic carbocycles. The van der Waals surface area contributed by atoms with E-state index in [1.54, 1.807) is 0 Å². The minimum atomic E-state index is -1.12. The maximum atomic E-state index is 13.5. The number of nitro benzene ring substituents is 1. The number of rotatable bonds is 5. The Morgan fingerprint density at radius 3 is 2.50 bits per heavy atom. The topological polar surface area (TPSA) is 52.4 Å². The van der Waals surface area contributed by atoms with Crippen molar-refractivity contribution in [3.8, 4) is 5.75 Å². The van der Waals surface area contributed by atoms with Gasteiger partial charge in [0.25, 0.3) is 0 Å². The summed E-state index contributed by atoms with van der Waals surface area (Å²) in [5, 5.41) is 10.4. The molecule has 0 radical (unpaired) electrons. The molecule has 0 heterocycles. The molecular weight excluding hydrogens is 264 g/mol. The number of ether oxygens (including phenoxy) is 1. The summed E-state index contributed by atoms with van der Waals surface area (Å²) in [4.78, 5) is 9.41. The van der Waals surface area contributed by atoms with Crippen molar-refractivity contribution in [1.82, 2.24) is 0 Å². The molecule has 1 rings (SSSR count). The van der Waals surface area contributed by atoms with Gasteiger partial charge in [0.2, 0.25) is 5.82 Å². The highest BCUT2D eigenvalue weighted by molar-refractivity contribution is 7.80. The van der Waals surface area contributed by atoms with E-state index in [1.807, 2.05) is 13.8 Å². The summed E-state index contributed by atoms with van der Waals surface area (Å²) in [5.74, 6) is -1.92. The molecule has 0 N–H and O–H groups in total. The van der Waals surface area contributed by atoms with Gasteiger partial charge in [0.05, 0.1) is 17.6 Å². The fourth-order valence-corrected chi connectivity index (χ4v) is 1.18. The SMILES string of the molecule is CC(C)(CS)COc1cc(F)c([N+](=O)[O-])cc1F. The van der Waals surface area contributed by atoms with Crippen LogP contribution in [0.5, 0.6) is 5.75 Å². The van der Waals surface area contributed by atoms with Crippen LogP contribution in [0.3, 0.4) is 0 Å². The molecule has 0 saturated heterocycles. The van der Waals surface area contributed by atoms with Crippen LogP contribution in [-0.4, -0.2) is 17.3 Å². The van der Waals surface area contributed by atoms with E-state index in [0.717, 1.165) is 0 Å². The normalized spacial score (nSPS) is 11.4. The van der Waals surface area contributed by atoms with Crippen molar-refractivity contribution in [1.29, 1.82) is 0 Å². The summed E-state index contributed by atoms with van der Waals surface area (Å²) in [7, 11) is 0. The van der Waals surface area contributed by atoms with Gasteiger partial charge in [-0.2, -0.15) is 17.0 Å². The minimum absolute atomic E-state index is 0.130. The third kappa shape index (κ3) is 3.56. The van der Waals surface area contributed by atoms with Gasteiger partial charge >= 0.3 is 5.69 Å². The summed E-state index contributed by atoms with van der Waals surface area (Å²) in [6, 6.07) is 1.19. The van der Waals surface area contributed by atoms with Crippen LogP contribution in [-0.2, 0) is 0 Å². The molecule has 0 bridgehead atoms. The number of benzene rings is 1. The quantitative estimate of drug-likeness (QED) is 0.511. The number of nitrogens with zero attached hydrogens (tertiary/aromatic N) is 1. The Morgan fingerprint density at radius 2 is 2.00 bits per heavy atom. The average Bonchev–Trinajstić information content (AvgIpc) is 2.29. The molecular formula is C11H13F2NO3S. The predicted octanol–water partition coefficient (Wildman–Crippen LogP) is 3.21. The lowest BCUT2D eigenvalue weighted by molar-refractivity contribution is -0.387. The van der Waals surface area contributed by atoms with E-state index in [4.69, 9.17) is 4.74 Å². The van der Waals surface area contributed by atoms with Crippen LogP contribution in [0.2, 0.25) is 0 Å². The summed E-state index contributed by atoms with van der Waals surface area (Å²) in [6.45, 7) is 3.82. The zero-order valence-corrected chi connectivity index (χ0v) is 10.8. The summed E-state index contributed by atoms with van der Waals surface area (Å²) >= 11 is 4.10. The molecule has 0 aliphatic rings. The Labute approximate surface area is 109 Å². The fraction of sp³-hybridized carbons (Fsp3) is 0.455. The standard InChI is InChI=1S/C11H13F2NO3S/c1-11(2,6-18)5-17-10-4-7(12)9(14(15)16)3-8(10)13/h3-4,18H,5-6H2,1-2H3. The fourth-order valence-electron chi connectivity index (χ4n) is 1.09. The Balaban J connectivity index is 2.92.